The smallest absolute Gasteiger partial charge is 0.408 e. The number of benzene rings is 1. The lowest BCUT2D eigenvalue weighted by Gasteiger charge is -2.27. The second-order valence-corrected chi connectivity index (χ2v) is 10.8. The topological polar surface area (TPSA) is 134 Å². The minimum Gasteiger partial charge on any atom is -0.460 e. The zero-order valence-corrected chi connectivity index (χ0v) is 22.3. The highest BCUT2D eigenvalue weighted by molar-refractivity contribution is 5.93. The van der Waals surface area contributed by atoms with Gasteiger partial charge in [-0.15, -0.1) is 0 Å². The van der Waals surface area contributed by atoms with Crippen LogP contribution in [-0.4, -0.2) is 41.6 Å². The summed E-state index contributed by atoms with van der Waals surface area (Å²) in [5, 5.41) is 2.78. The summed E-state index contributed by atoms with van der Waals surface area (Å²) >= 11 is 0. The van der Waals surface area contributed by atoms with Gasteiger partial charge >= 0.3 is 12.1 Å². The number of nitrogens with one attached hydrogen (secondary N) is 1. The molecule has 0 saturated carbocycles. The van der Waals surface area contributed by atoms with E-state index in [0.717, 1.165) is 17.5 Å². The number of Topliss-reactive ketones (excluding diaryl/α,β-unsaturated/α-hetero) is 1. The Labute approximate surface area is 210 Å². The van der Waals surface area contributed by atoms with Gasteiger partial charge in [0.15, 0.2) is 5.78 Å². The van der Waals surface area contributed by atoms with Crippen molar-refractivity contribution >= 4 is 17.8 Å². The van der Waals surface area contributed by atoms with Gasteiger partial charge in [-0.2, -0.15) is 0 Å². The normalized spacial score (nSPS) is 13.6. The Balaban J connectivity index is 3.15. The molecule has 0 fully saturated rings. The molecule has 2 atom stereocenters. The molecule has 0 bridgehead atoms. The van der Waals surface area contributed by atoms with Crippen molar-refractivity contribution in [3.63, 3.8) is 0 Å². The van der Waals surface area contributed by atoms with Gasteiger partial charge < -0.3 is 26.3 Å². The van der Waals surface area contributed by atoms with Crippen molar-refractivity contribution < 1.29 is 23.9 Å². The van der Waals surface area contributed by atoms with E-state index in [-0.39, 0.29) is 24.7 Å². The molecule has 0 spiro atoms. The van der Waals surface area contributed by atoms with Crippen LogP contribution < -0.4 is 16.8 Å². The largest absolute Gasteiger partial charge is 0.460 e. The molecule has 5 N–H and O–H groups in total. The van der Waals surface area contributed by atoms with Crippen LogP contribution in [0, 0.1) is 0 Å². The number of ether oxygens (including phenoxy) is 2. The second-order valence-electron chi connectivity index (χ2n) is 10.8. The Morgan fingerprint density at radius 3 is 2.09 bits per heavy atom. The third-order valence-corrected chi connectivity index (χ3v) is 5.27. The second kappa shape index (κ2) is 14.2. The first-order valence-electron chi connectivity index (χ1n) is 12.5. The van der Waals surface area contributed by atoms with E-state index in [1.165, 1.54) is 0 Å². The van der Waals surface area contributed by atoms with Crippen LogP contribution >= 0.6 is 0 Å². The zero-order chi connectivity index (χ0) is 26.6. The van der Waals surface area contributed by atoms with E-state index in [2.05, 4.69) is 5.32 Å². The van der Waals surface area contributed by atoms with Crippen LogP contribution in [0.1, 0.15) is 97.1 Å². The summed E-state index contributed by atoms with van der Waals surface area (Å²) in [4.78, 5) is 38.6. The molecule has 0 aromatic heterocycles. The lowest BCUT2D eigenvalue weighted by Crippen LogP contribution is -2.45. The predicted octanol–water partition coefficient (Wildman–Crippen LogP) is 4.33. The lowest BCUT2D eigenvalue weighted by molar-refractivity contribution is -0.155. The van der Waals surface area contributed by atoms with E-state index in [0.29, 0.717) is 32.2 Å². The standard InChI is InChI=1S/C27H45N3O5/c1-26(2,3)34-23(31)16-11-14-21(20-13-8-7-12-19(20)18-29)24(32)22(15-9-10-17-28)30-25(33)35-27(4,5)6/h7-8,12-13,21-22H,9-11,14-18,28-29H2,1-6H3,(H,30,33)/t21?,22-/m0/s1. The first-order chi connectivity index (χ1) is 16.3. The molecule has 0 aliphatic carbocycles. The van der Waals surface area contributed by atoms with Crippen LogP contribution in [0.5, 0.6) is 0 Å². The molecule has 1 amide bonds. The van der Waals surface area contributed by atoms with Gasteiger partial charge in [-0.3, -0.25) is 9.59 Å². The molecular weight excluding hydrogens is 446 g/mol. The van der Waals surface area contributed by atoms with E-state index in [1.54, 1.807) is 20.8 Å². The van der Waals surface area contributed by atoms with Crippen LogP contribution in [-0.2, 0) is 25.6 Å². The fourth-order valence-corrected chi connectivity index (χ4v) is 3.83. The van der Waals surface area contributed by atoms with E-state index in [1.807, 2.05) is 45.0 Å². The van der Waals surface area contributed by atoms with Crippen LogP contribution in [0.2, 0.25) is 0 Å². The average molecular weight is 492 g/mol. The van der Waals surface area contributed by atoms with Crippen molar-refractivity contribution in [3.8, 4) is 0 Å². The summed E-state index contributed by atoms with van der Waals surface area (Å²) in [6, 6.07) is 6.80. The molecule has 0 aliphatic rings. The van der Waals surface area contributed by atoms with Gasteiger partial charge in [-0.25, -0.2) is 4.79 Å². The number of unbranched alkanes of at least 4 members (excludes halogenated alkanes) is 1. The van der Waals surface area contributed by atoms with E-state index < -0.39 is 29.3 Å². The zero-order valence-electron chi connectivity index (χ0n) is 22.3. The lowest BCUT2D eigenvalue weighted by atomic mass is 9.83. The molecule has 0 heterocycles. The summed E-state index contributed by atoms with van der Waals surface area (Å²) in [6.45, 7) is 11.6. The SMILES string of the molecule is CC(C)(C)OC(=O)CCCC(C(=O)[C@H](CCCCN)NC(=O)OC(C)(C)C)c1ccccc1CN. The predicted molar refractivity (Wildman–Crippen MR) is 138 cm³/mol. The van der Waals surface area contributed by atoms with Gasteiger partial charge in [0.2, 0.25) is 0 Å². The Morgan fingerprint density at radius 1 is 0.886 bits per heavy atom. The fourth-order valence-electron chi connectivity index (χ4n) is 3.83. The van der Waals surface area contributed by atoms with Gasteiger partial charge in [-0.05, 0) is 91.3 Å². The number of carbonyl (C=O) groups excluding carboxylic acids is 3. The van der Waals surface area contributed by atoms with Gasteiger partial charge in [-0.1, -0.05) is 24.3 Å². The summed E-state index contributed by atoms with van der Waals surface area (Å²) in [7, 11) is 0. The maximum absolute atomic E-state index is 13.9. The van der Waals surface area contributed by atoms with Gasteiger partial charge in [0.1, 0.15) is 11.2 Å². The minimum absolute atomic E-state index is 0.127. The number of ketones is 1. The molecule has 1 unspecified atom stereocenters. The first-order valence-corrected chi connectivity index (χ1v) is 12.5. The summed E-state index contributed by atoms with van der Waals surface area (Å²) in [5.41, 5.74) is 12.0. The van der Waals surface area contributed by atoms with E-state index in [9.17, 15) is 14.4 Å². The first kappa shape index (κ1) is 30.6. The molecule has 198 valence electrons. The highest BCUT2D eigenvalue weighted by Gasteiger charge is 2.31. The molecule has 8 heteroatoms. The van der Waals surface area contributed by atoms with Crippen molar-refractivity contribution in [3.05, 3.63) is 35.4 Å². The molecule has 0 aliphatic heterocycles. The number of amides is 1. The van der Waals surface area contributed by atoms with Crippen LogP contribution in [0.25, 0.3) is 0 Å². The highest BCUT2D eigenvalue weighted by atomic mass is 16.6. The number of hydrogen-bond acceptors (Lipinski definition) is 7. The average Bonchev–Trinajstić information content (AvgIpc) is 2.73. The van der Waals surface area contributed by atoms with Gasteiger partial charge in [0.25, 0.3) is 0 Å². The van der Waals surface area contributed by atoms with Gasteiger partial charge in [0, 0.05) is 18.9 Å². The molecule has 1 aromatic rings. The van der Waals surface area contributed by atoms with Crippen molar-refractivity contribution in [1.29, 1.82) is 0 Å². The molecule has 35 heavy (non-hydrogen) atoms. The van der Waals surface area contributed by atoms with E-state index in [4.69, 9.17) is 20.9 Å². The van der Waals surface area contributed by atoms with Crippen molar-refractivity contribution in [1.82, 2.24) is 5.32 Å². The van der Waals surface area contributed by atoms with Crippen LogP contribution in [0.3, 0.4) is 0 Å². The number of hydrogen-bond donors (Lipinski definition) is 3. The maximum Gasteiger partial charge on any atom is 0.408 e. The minimum atomic E-state index is -0.742. The molecule has 1 aromatic carbocycles. The Morgan fingerprint density at radius 2 is 1.51 bits per heavy atom. The summed E-state index contributed by atoms with van der Waals surface area (Å²) < 4.78 is 10.8. The van der Waals surface area contributed by atoms with Crippen molar-refractivity contribution in [2.45, 2.75) is 110 Å². The number of alkyl carbamates (subject to hydrolysis) is 1. The number of nitrogens with two attached hydrogens (primary N) is 2. The molecular formula is C27H45N3O5. The quantitative estimate of drug-likeness (QED) is 0.276. The molecule has 0 radical (unpaired) electrons. The number of rotatable bonds is 13. The maximum atomic E-state index is 13.9. The summed E-state index contributed by atoms with van der Waals surface area (Å²) in [6.07, 6.45) is 2.33. The molecule has 0 saturated heterocycles. The van der Waals surface area contributed by atoms with Crippen LogP contribution in [0.15, 0.2) is 24.3 Å². The van der Waals surface area contributed by atoms with Crippen LogP contribution in [0.4, 0.5) is 4.79 Å². The Kier molecular flexibility index (Phi) is 12.4. The Bertz CT molecular complexity index is 827. The Hall–Kier alpha value is -2.45. The van der Waals surface area contributed by atoms with Crippen molar-refractivity contribution in [2.24, 2.45) is 11.5 Å². The number of esters is 1. The third kappa shape index (κ3) is 12.2. The molecule has 1 rings (SSSR count). The molecule has 8 nitrogen and oxygen atoms in total. The van der Waals surface area contributed by atoms with E-state index >= 15 is 0 Å². The highest BCUT2D eigenvalue weighted by Crippen LogP contribution is 2.29. The third-order valence-electron chi connectivity index (χ3n) is 5.27. The van der Waals surface area contributed by atoms with Gasteiger partial charge in [0.05, 0.1) is 6.04 Å². The van der Waals surface area contributed by atoms with Crippen molar-refractivity contribution in [2.75, 3.05) is 6.54 Å². The summed E-state index contributed by atoms with van der Waals surface area (Å²) in [5.74, 6) is -0.963. The number of carbonyl (C=O) groups is 3. The monoisotopic (exact) mass is 491 g/mol. The fraction of sp³-hybridized carbons (Fsp3) is 0.667.